The van der Waals surface area contributed by atoms with Crippen LogP contribution in [0.3, 0.4) is 0 Å². The van der Waals surface area contributed by atoms with E-state index in [0.29, 0.717) is 0 Å². The van der Waals surface area contributed by atoms with Gasteiger partial charge in [-0.05, 0) is 56.3 Å². The number of hydrogen-bond acceptors (Lipinski definition) is 5. The summed E-state index contributed by atoms with van der Waals surface area (Å²) in [6, 6.07) is 0. The van der Waals surface area contributed by atoms with Gasteiger partial charge in [0.05, 0.1) is 0 Å². The van der Waals surface area contributed by atoms with Crippen LogP contribution in [0.15, 0.2) is 0 Å². The minimum atomic E-state index is 0.179. The van der Waals surface area contributed by atoms with Gasteiger partial charge in [-0.2, -0.15) is 0 Å². The Morgan fingerprint density at radius 1 is 0.824 bits per heavy atom. The molecule has 17 heavy (non-hydrogen) atoms. The Balaban J connectivity index is 1.74. The summed E-state index contributed by atoms with van der Waals surface area (Å²) >= 11 is 0. The fraction of sp³-hybridized carbons (Fsp3) is 0.833. The molecule has 4 fully saturated rings. The molecule has 0 saturated heterocycles. The summed E-state index contributed by atoms with van der Waals surface area (Å²) in [6.07, 6.45) is 8.00. The van der Waals surface area contributed by atoms with Crippen LogP contribution in [0.5, 0.6) is 0 Å². The van der Waals surface area contributed by atoms with Crippen molar-refractivity contribution >= 4 is 5.95 Å². The minimum absolute atomic E-state index is 0.179. The first kappa shape index (κ1) is 9.74. The second-order valence-corrected chi connectivity index (χ2v) is 6.28. The number of hydrogen-bond donors (Lipinski definition) is 1. The highest BCUT2D eigenvalue weighted by Gasteiger charge is 2.53. The molecule has 1 aromatic heterocycles. The minimum Gasteiger partial charge on any atom is -0.365 e. The Morgan fingerprint density at radius 3 is 1.76 bits per heavy atom. The Morgan fingerprint density at radius 2 is 1.29 bits per heavy atom. The maximum absolute atomic E-state index is 5.47. The molecule has 4 saturated carbocycles. The first-order valence-corrected chi connectivity index (χ1v) is 6.57. The smallest absolute Gasteiger partial charge is 0.259 e. The van der Waals surface area contributed by atoms with Gasteiger partial charge in [0.2, 0.25) is 0 Å². The topological polar surface area (TPSA) is 77.6 Å². The van der Waals surface area contributed by atoms with Crippen LogP contribution in [-0.2, 0) is 5.41 Å². The largest absolute Gasteiger partial charge is 0.365 e. The molecule has 4 aliphatic carbocycles. The molecule has 5 nitrogen and oxygen atoms in total. The van der Waals surface area contributed by atoms with Crippen LogP contribution in [0.4, 0.5) is 5.95 Å². The normalized spacial score (nSPS) is 42.9. The highest BCUT2D eigenvalue weighted by Crippen LogP contribution is 2.59. The van der Waals surface area contributed by atoms with E-state index in [1.807, 2.05) is 0 Å². The molecule has 1 heterocycles. The fourth-order valence-electron chi connectivity index (χ4n) is 4.83. The molecule has 0 aromatic carbocycles. The zero-order valence-corrected chi connectivity index (χ0v) is 9.84. The van der Waals surface area contributed by atoms with Gasteiger partial charge in [0.1, 0.15) is 0 Å². The molecule has 5 rings (SSSR count). The molecule has 0 aliphatic heterocycles. The van der Waals surface area contributed by atoms with Gasteiger partial charge < -0.3 is 5.73 Å². The summed E-state index contributed by atoms with van der Waals surface area (Å²) < 4.78 is 0. The lowest BCUT2D eigenvalue weighted by molar-refractivity contribution is -0.0103. The Kier molecular flexibility index (Phi) is 1.80. The van der Waals surface area contributed by atoms with Crippen molar-refractivity contribution in [1.82, 2.24) is 20.4 Å². The zero-order chi connectivity index (χ0) is 11.5. The first-order chi connectivity index (χ1) is 8.23. The molecule has 4 aliphatic rings. The van der Waals surface area contributed by atoms with Gasteiger partial charge in [0.25, 0.3) is 5.95 Å². The lowest BCUT2D eigenvalue weighted by Gasteiger charge is -2.55. The van der Waals surface area contributed by atoms with Crippen LogP contribution in [-0.4, -0.2) is 20.4 Å². The molecule has 5 heteroatoms. The highest BCUT2D eigenvalue weighted by atomic mass is 15.3. The van der Waals surface area contributed by atoms with Crippen molar-refractivity contribution in [2.24, 2.45) is 17.8 Å². The average molecular weight is 231 g/mol. The average Bonchev–Trinajstić information content (AvgIpc) is 2.27. The molecule has 90 valence electrons. The van der Waals surface area contributed by atoms with Crippen molar-refractivity contribution in [3.05, 3.63) is 5.82 Å². The van der Waals surface area contributed by atoms with E-state index in [9.17, 15) is 0 Å². The fourth-order valence-corrected chi connectivity index (χ4v) is 4.83. The molecular formula is C12H17N5. The van der Waals surface area contributed by atoms with Gasteiger partial charge in [-0.25, -0.2) is 0 Å². The van der Waals surface area contributed by atoms with Gasteiger partial charge in [0, 0.05) is 5.41 Å². The van der Waals surface area contributed by atoms with Gasteiger partial charge >= 0.3 is 0 Å². The van der Waals surface area contributed by atoms with E-state index in [0.717, 1.165) is 23.6 Å². The molecular weight excluding hydrogens is 214 g/mol. The number of nitrogens with zero attached hydrogens (tertiary/aromatic N) is 4. The number of anilines is 1. The number of rotatable bonds is 1. The number of nitrogens with two attached hydrogens (primary N) is 1. The quantitative estimate of drug-likeness (QED) is 0.788. The first-order valence-electron chi connectivity index (χ1n) is 6.57. The van der Waals surface area contributed by atoms with Crippen LogP contribution in [0.1, 0.15) is 44.3 Å². The third-order valence-corrected chi connectivity index (χ3v) is 5.01. The van der Waals surface area contributed by atoms with Gasteiger partial charge in [-0.1, -0.05) is 0 Å². The lowest BCUT2D eigenvalue weighted by atomic mass is 9.49. The van der Waals surface area contributed by atoms with Crippen molar-refractivity contribution in [1.29, 1.82) is 0 Å². The zero-order valence-electron chi connectivity index (χ0n) is 9.84. The van der Waals surface area contributed by atoms with Crippen LogP contribution in [0.2, 0.25) is 0 Å². The van der Waals surface area contributed by atoms with Crippen LogP contribution >= 0.6 is 0 Å². The Hall–Kier alpha value is -1.26. The predicted molar refractivity (Wildman–Crippen MR) is 61.9 cm³/mol. The van der Waals surface area contributed by atoms with E-state index >= 15 is 0 Å². The van der Waals surface area contributed by atoms with Gasteiger partial charge in [-0.3, -0.25) is 0 Å². The Bertz CT molecular complexity index is 405. The monoisotopic (exact) mass is 231 g/mol. The van der Waals surface area contributed by atoms with E-state index < -0.39 is 0 Å². The van der Waals surface area contributed by atoms with Crippen molar-refractivity contribution < 1.29 is 0 Å². The number of nitrogen functional groups attached to an aromatic ring is 1. The summed E-state index contributed by atoms with van der Waals surface area (Å²) in [6.45, 7) is 0. The van der Waals surface area contributed by atoms with Crippen molar-refractivity contribution in [3.63, 3.8) is 0 Å². The van der Waals surface area contributed by atoms with Gasteiger partial charge in [0.15, 0.2) is 5.82 Å². The van der Waals surface area contributed by atoms with E-state index in [-0.39, 0.29) is 11.4 Å². The van der Waals surface area contributed by atoms with E-state index in [4.69, 9.17) is 5.73 Å². The third kappa shape index (κ3) is 1.37. The molecule has 2 N–H and O–H groups in total. The highest BCUT2D eigenvalue weighted by molar-refractivity contribution is 5.17. The Labute approximate surface area is 100 Å². The summed E-state index contributed by atoms with van der Waals surface area (Å²) in [5, 5.41) is 16.2. The molecule has 0 spiro atoms. The summed E-state index contributed by atoms with van der Waals surface area (Å²) in [5.41, 5.74) is 5.65. The van der Waals surface area contributed by atoms with Crippen molar-refractivity contribution in [2.45, 2.75) is 43.9 Å². The molecule has 1 aromatic rings. The maximum atomic E-state index is 5.47. The summed E-state index contributed by atoms with van der Waals surface area (Å²) in [7, 11) is 0. The van der Waals surface area contributed by atoms with Crippen LogP contribution < -0.4 is 5.73 Å². The van der Waals surface area contributed by atoms with E-state index in [2.05, 4.69) is 20.4 Å². The molecule has 0 radical (unpaired) electrons. The summed E-state index contributed by atoms with van der Waals surface area (Å²) in [4.78, 5) is 0. The third-order valence-electron chi connectivity index (χ3n) is 5.01. The molecule has 0 atom stereocenters. The van der Waals surface area contributed by atoms with Gasteiger partial charge in [-0.15, -0.1) is 20.4 Å². The van der Waals surface area contributed by atoms with E-state index in [1.54, 1.807) is 0 Å². The molecule has 4 bridgehead atoms. The predicted octanol–water partition coefficient (Wildman–Crippen LogP) is 1.32. The van der Waals surface area contributed by atoms with E-state index in [1.165, 1.54) is 38.5 Å². The van der Waals surface area contributed by atoms with Crippen LogP contribution in [0.25, 0.3) is 0 Å². The molecule has 0 amide bonds. The SMILES string of the molecule is Nc1nnc(C23CC4CC(CC(C4)C2)C3)nn1. The summed E-state index contributed by atoms with van der Waals surface area (Å²) in [5.74, 6) is 3.71. The molecule has 0 unspecified atom stereocenters. The standard InChI is InChI=1S/C12H17N5/c13-11-16-14-10(15-17-11)12-4-7-1-8(5-12)3-9(2-7)6-12/h7-9H,1-6H2,(H2,13,16,17). The second-order valence-electron chi connectivity index (χ2n) is 6.28. The van der Waals surface area contributed by atoms with Crippen molar-refractivity contribution in [3.8, 4) is 0 Å². The second kappa shape index (κ2) is 3.15. The maximum Gasteiger partial charge on any atom is 0.259 e. The number of aromatic nitrogens is 4. The lowest BCUT2D eigenvalue weighted by Crippen LogP contribution is -2.49. The van der Waals surface area contributed by atoms with Crippen molar-refractivity contribution in [2.75, 3.05) is 5.73 Å². The van der Waals surface area contributed by atoms with Crippen LogP contribution in [0, 0.1) is 17.8 Å².